The quantitative estimate of drug-likeness (QED) is 0.710. The standard InChI is InChI=1S/C19H19F2N5O/c1-13-11-16(17(20)21)26-18(23-13)15(12-22-26)19(27)25-9-7-24(8-10-25)14-5-3-2-4-6-14/h2-6,11-12,17H,7-10H2,1H3. The number of carbonyl (C=O) groups excluding carboxylic acids is 1. The first kappa shape index (κ1) is 17.4. The highest BCUT2D eigenvalue weighted by molar-refractivity contribution is 5.99. The summed E-state index contributed by atoms with van der Waals surface area (Å²) in [5.41, 5.74) is 1.74. The van der Waals surface area contributed by atoms with Gasteiger partial charge in [0.25, 0.3) is 12.3 Å². The Kier molecular flexibility index (Phi) is 4.47. The summed E-state index contributed by atoms with van der Waals surface area (Å²) in [5.74, 6) is -0.226. The molecule has 6 nitrogen and oxygen atoms in total. The van der Waals surface area contributed by atoms with E-state index >= 15 is 0 Å². The maximum absolute atomic E-state index is 13.3. The largest absolute Gasteiger partial charge is 0.368 e. The molecule has 4 rings (SSSR count). The van der Waals surface area contributed by atoms with E-state index < -0.39 is 6.43 Å². The Labute approximate surface area is 155 Å². The minimum Gasteiger partial charge on any atom is -0.368 e. The molecule has 0 N–H and O–H groups in total. The lowest BCUT2D eigenvalue weighted by molar-refractivity contribution is 0.0748. The van der Waals surface area contributed by atoms with Crippen LogP contribution in [0.15, 0.2) is 42.6 Å². The lowest BCUT2D eigenvalue weighted by Gasteiger charge is -2.36. The van der Waals surface area contributed by atoms with Crippen LogP contribution in [0, 0.1) is 6.92 Å². The Morgan fingerprint density at radius 2 is 1.81 bits per heavy atom. The molecule has 1 aliphatic heterocycles. The third-order valence-corrected chi connectivity index (χ3v) is 4.77. The zero-order valence-electron chi connectivity index (χ0n) is 14.8. The van der Waals surface area contributed by atoms with Crippen molar-refractivity contribution in [3.63, 3.8) is 0 Å². The van der Waals surface area contributed by atoms with Gasteiger partial charge in [-0.05, 0) is 25.1 Å². The van der Waals surface area contributed by atoms with Crippen LogP contribution in [0.25, 0.3) is 5.65 Å². The predicted molar refractivity (Wildman–Crippen MR) is 97.2 cm³/mol. The predicted octanol–water partition coefficient (Wildman–Crippen LogP) is 2.94. The Balaban J connectivity index is 1.56. The van der Waals surface area contributed by atoms with E-state index in [4.69, 9.17) is 0 Å². The second-order valence-electron chi connectivity index (χ2n) is 6.53. The summed E-state index contributed by atoms with van der Waals surface area (Å²) in [6.45, 7) is 4.16. The molecule has 3 heterocycles. The van der Waals surface area contributed by atoms with Crippen molar-refractivity contribution in [3.05, 3.63) is 59.5 Å². The molecule has 1 saturated heterocycles. The van der Waals surface area contributed by atoms with E-state index in [1.54, 1.807) is 11.8 Å². The molecule has 0 spiro atoms. The molecule has 1 amide bonds. The number of halogens is 2. The summed E-state index contributed by atoms with van der Waals surface area (Å²) in [5, 5.41) is 3.98. The van der Waals surface area contributed by atoms with Gasteiger partial charge in [0.2, 0.25) is 0 Å². The molecule has 2 aromatic heterocycles. The van der Waals surface area contributed by atoms with E-state index in [-0.39, 0.29) is 22.8 Å². The van der Waals surface area contributed by atoms with Gasteiger partial charge < -0.3 is 9.80 Å². The van der Waals surface area contributed by atoms with E-state index in [0.29, 0.717) is 31.9 Å². The molecule has 1 aliphatic rings. The number of para-hydroxylation sites is 1. The SMILES string of the molecule is Cc1cc(C(F)F)n2ncc(C(=O)N3CCN(c4ccccc4)CC3)c2n1. The molecular weight excluding hydrogens is 352 g/mol. The van der Waals surface area contributed by atoms with Gasteiger partial charge in [-0.2, -0.15) is 5.10 Å². The number of piperazine rings is 1. The van der Waals surface area contributed by atoms with Crippen LogP contribution in [0.5, 0.6) is 0 Å². The fourth-order valence-electron chi connectivity index (χ4n) is 3.40. The van der Waals surface area contributed by atoms with E-state index in [9.17, 15) is 13.6 Å². The van der Waals surface area contributed by atoms with Crippen LogP contribution in [0.1, 0.15) is 28.2 Å². The number of rotatable bonds is 3. The van der Waals surface area contributed by atoms with Crippen LogP contribution < -0.4 is 4.90 Å². The molecule has 140 valence electrons. The van der Waals surface area contributed by atoms with Gasteiger partial charge in [0, 0.05) is 37.6 Å². The van der Waals surface area contributed by atoms with Crippen molar-refractivity contribution in [3.8, 4) is 0 Å². The smallest absolute Gasteiger partial charge is 0.280 e. The third-order valence-electron chi connectivity index (χ3n) is 4.77. The molecular formula is C19H19F2N5O. The van der Waals surface area contributed by atoms with Crippen molar-refractivity contribution in [2.24, 2.45) is 0 Å². The number of carbonyl (C=O) groups is 1. The molecule has 8 heteroatoms. The van der Waals surface area contributed by atoms with Gasteiger partial charge in [-0.25, -0.2) is 18.3 Å². The Bertz CT molecular complexity index is 965. The highest BCUT2D eigenvalue weighted by Gasteiger charge is 2.26. The minimum atomic E-state index is -2.69. The first-order chi connectivity index (χ1) is 13.0. The Morgan fingerprint density at radius 3 is 2.48 bits per heavy atom. The number of hydrogen-bond donors (Lipinski definition) is 0. The van der Waals surface area contributed by atoms with Crippen molar-refractivity contribution >= 4 is 17.2 Å². The number of alkyl halides is 2. The van der Waals surface area contributed by atoms with Crippen molar-refractivity contribution in [1.82, 2.24) is 19.5 Å². The number of amides is 1. The molecule has 0 saturated carbocycles. The summed E-state index contributed by atoms with van der Waals surface area (Å²) in [7, 11) is 0. The highest BCUT2D eigenvalue weighted by atomic mass is 19.3. The van der Waals surface area contributed by atoms with E-state index in [1.165, 1.54) is 12.3 Å². The normalized spacial score (nSPS) is 15.0. The summed E-state index contributed by atoms with van der Waals surface area (Å²) < 4.78 is 27.6. The van der Waals surface area contributed by atoms with Crippen LogP contribution in [0.4, 0.5) is 14.5 Å². The van der Waals surface area contributed by atoms with Crippen LogP contribution in [0.2, 0.25) is 0 Å². The maximum Gasteiger partial charge on any atom is 0.280 e. The van der Waals surface area contributed by atoms with Crippen LogP contribution in [0.3, 0.4) is 0 Å². The lowest BCUT2D eigenvalue weighted by atomic mass is 10.2. The van der Waals surface area contributed by atoms with E-state index in [0.717, 1.165) is 10.2 Å². The van der Waals surface area contributed by atoms with E-state index in [2.05, 4.69) is 15.0 Å². The van der Waals surface area contributed by atoms with E-state index in [1.807, 2.05) is 30.3 Å². The van der Waals surface area contributed by atoms with Gasteiger partial charge in [0.1, 0.15) is 11.3 Å². The molecule has 0 unspecified atom stereocenters. The molecule has 1 fully saturated rings. The van der Waals surface area contributed by atoms with Gasteiger partial charge in [0.15, 0.2) is 5.65 Å². The number of fused-ring (bicyclic) bond motifs is 1. The number of aromatic nitrogens is 3. The number of hydrogen-bond acceptors (Lipinski definition) is 4. The highest BCUT2D eigenvalue weighted by Crippen LogP contribution is 2.23. The average Bonchev–Trinajstić information content (AvgIpc) is 3.11. The molecule has 0 aliphatic carbocycles. The van der Waals surface area contributed by atoms with Crippen molar-refractivity contribution < 1.29 is 13.6 Å². The van der Waals surface area contributed by atoms with Crippen molar-refractivity contribution in [2.75, 3.05) is 31.1 Å². The van der Waals surface area contributed by atoms with Crippen molar-refractivity contribution in [2.45, 2.75) is 13.3 Å². The van der Waals surface area contributed by atoms with Crippen LogP contribution in [-0.2, 0) is 0 Å². The molecule has 0 atom stereocenters. The second-order valence-corrected chi connectivity index (χ2v) is 6.53. The van der Waals surface area contributed by atoms with Gasteiger partial charge in [-0.3, -0.25) is 4.79 Å². The number of benzene rings is 1. The molecule has 1 aromatic carbocycles. The summed E-state index contributed by atoms with van der Waals surface area (Å²) in [6.07, 6.45) is -1.36. The third kappa shape index (κ3) is 3.22. The average molecular weight is 371 g/mol. The Hall–Kier alpha value is -3.03. The van der Waals surface area contributed by atoms with Crippen molar-refractivity contribution in [1.29, 1.82) is 0 Å². The maximum atomic E-state index is 13.3. The van der Waals surface area contributed by atoms with Crippen LogP contribution in [-0.4, -0.2) is 51.6 Å². The Morgan fingerprint density at radius 1 is 1.11 bits per heavy atom. The molecule has 27 heavy (non-hydrogen) atoms. The first-order valence-corrected chi connectivity index (χ1v) is 8.77. The molecule has 0 bridgehead atoms. The van der Waals surface area contributed by atoms with Crippen LogP contribution >= 0.6 is 0 Å². The fourth-order valence-corrected chi connectivity index (χ4v) is 3.40. The monoisotopic (exact) mass is 371 g/mol. The zero-order valence-corrected chi connectivity index (χ0v) is 14.8. The van der Waals surface area contributed by atoms with Gasteiger partial charge in [-0.15, -0.1) is 0 Å². The molecule has 0 radical (unpaired) electrons. The summed E-state index contributed by atoms with van der Waals surface area (Å²) in [4.78, 5) is 21.1. The minimum absolute atomic E-state index is 0.181. The molecule has 3 aromatic rings. The zero-order chi connectivity index (χ0) is 19.0. The fraction of sp³-hybridized carbons (Fsp3) is 0.316. The number of nitrogens with zero attached hydrogens (tertiary/aromatic N) is 5. The second kappa shape index (κ2) is 6.94. The lowest BCUT2D eigenvalue weighted by Crippen LogP contribution is -2.48. The number of aryl methyl sites for hydroxylation is 1. The first-order valence-electron chi connectivity index (χ1n) is 8.77. The van der Waals surface area contributed by atoms with Gasteiger partial charge in [-0.1, -0.05) is 18.2 Å². The van der Waals surface area contributed by atoms with Gasteiger partial charge in [0.05, 0.1) is 6.20 Å². The van der Waals surface area contributed by atoms with Gasteiger partial charge >= 0.3 is 0 Å². The summed E-state index contributed by atoms with van der Waals surface area (Å²) >= 11 is 0. The topological polar surface area (TPSA) is 53.7 Å². The summed E-state index contributed by atoms with van der Waals surface area (Å²) in [6, 6.07) is 11.3. The number of anilines is 1.